The smallest absolute Gasteiger partial charge is 0.0540 e. The Morgan fingerprint density at radius 3 is 1.62 bits per heavy atom. The average Bonchev–Trinajstić information content (AvgIpc) is 3.72. The molecule has 0 saturated carbocycles. The van der Waals surface area contributed by atoms with Crippen molar-refractivity contribution in [2.45, 2.75) is 0 Å². The van der Waals surface area contributed by atoms with E-state index in [-0.39, 0.29) is 0 Å². The first kappa shape index (κ1) is 35.6. The standard InChI is InChI=1S/C58H39NS/c1-2-14-40(15-3-1)41-30-32-42(33-31-41)43-34-36-48(37-35-43)59(56-28-8-6-23-53(56)52-26-12-17-44-16-4-5-22-50(44)52)49-21-11-19-46(39-49)45-18-10-20-47(38-45)51-25-13-27-55-54-24-7-9-29-57(54)60-58(51)55/h1-39H. The summed E-state index contributed by atoms with van der Waals surface area (Å²) in [7, 11) is 0. The van der Waals surface area contributed by atoms with Crippen molar-refractivity contribution in [3.63, 3.8) is 0 Å². The van der Waals surface area contributed by atoms with Gasteiger partial charge in [-0.2, -0.15) is 0 Å². The molecule has 0 aliphatic rings. The van der Waals surface area contributed by atoms with Crippen LogP contribution in [0.15, 0.2) is 237 Å². The third kappa shape index (κ3) is 6.54. The first-order chi connectivity index (χ1) is 29.7. The van der Waals surface area contributed by atoms with E-state index in [0.29, 0.717) is 0 Å². The second kappa shape index (κ2) is 15.3. The molecule has 10 aromatic carbocycles. The molecule has 0 unspecified atom stereocenters. The summed E-state index contributed by atoms with van der Waals surface area (Å²) in [5, 5.41) is 5.10. The highest BCUT2D eigenvalue weighted by molar-refractivity contribution is 7.26. The number of nitrogens with zero attached hydrogens (tertiary/aromatic N) is 1. The van der Waals surface area contributed by atoms with E-state index in [2.05, 4.69) is 241 Å². The number of hydrogen-bond donors (Lipinski definition) is 0. The van der Waals surface area contributed by atoms with Gasteiger partial charge in [-0.3, -0.25) is 0 Å². The molecule has 282 valence electrons. The van der Waals surface area contributed by atoms with Crippen LogP contribution in [0, 0.1) is 0 Å². The highest BCUT2D eigenvalue weighted by atomic mass is 32.1. The zero-order chi connectivity index (χ0) is 39.8. The molecular weight excluding hydrogens is 743 g/mol. The van der Waals surface area contributed by atoms with Gasteiger partial charge in [-0.15, -0.1) is 11.3 Å². The quantitative estimate of drug-likeness (QED) is 0.148. The number of benzene rings is 10. The van der Waals surface area contributed by atoms with Gasteiger partial charge in [0.05, 0.1) is 5.69 Å². The van der Waals surface area contributed by atoms with Gasteiger partial charge < -0.3 is 4.90 Å². The zero-order valence-electron chi connectivity index (χ0n) is 32.9. The zero-order valence-corrected chi connectivity index (χ0v) is 33.7. The van der Waals surface area contributed by atoms with E-state index in [1.807, 2.05) is 11.3 Å². The molecular formula is C58H39NS. The van der Waals surface area contributed by atoms with Gasteiger partial charge in [-0.05, 0) is 103 Å². The fourth-order valence-electron chi connectivity index (χ4n) is 8.74. The number of fused-ring (bicyclic) bond motifs is 4. The van der Waals surface area contributed by atoms with Gasteiger partial charge in [0.15, 0.2) is 0 Å². The third-order valence-electron chi connectivity index (χ3n) is 11.7. The molecule has 0 fully saturated rings. The summed E-state index contributed by atoms with van der Waals surface area (Å²) >= 11 is 1.88. The molecule has 1 heterocycles. The molecule has 0 aliphatic carbocycles. The summed E-state index contributed by atoms with van der Waals surface area (Å²) in [5.41, 5.74) is 15.4. The van der Waals surface area contributed by atoms with Crippen molar-refractivity contribution in [3.8, 4) is 55.6 Å². The Labute approximate surface area is 354 Å². The Balaban J connectivity index is 1.02. The summed E-state index contributed by atoms with van der Waals surface area (Å²) in [4.78, 5) is 2.42. The van der Waals surface area contributed by atoms with Crippen molar-refractivity contribution in [1.82, 2.24) is 0 Å². The van der Waals surface area contributed by atoms with E-state index in [1.165, 1.54) is 86.6 Å². The van der Waals surface area contributed by atoms with Crippen LogP contribution < -0.4 is 4.90 Å². The Hall–Kier alpha value is -7.52. The largest absolute Gasteiger partial charge is 0.310 e. The highest BCUT2D eigenvalue weighted by Crippen LogP contribution is 2.45. The monoisotopic (exact) mass is 781 g/mol. The predicted molar refractivity (Wildman–Crippen MR) is 259 cm³/mol. The predicted octanol–water partition coefficient (Wildman–Crippen LogP) is 17.0. The van der Waals surface area contributed by atoms with Crippen molar-refractivity contribution in [1.29, 1.82) is 0 Å². The maximum atomic E-state index is 2.42. The van der Waals surface area contributed by atoms with E-state index in [1.54, 1.807) is 0 Å². The van der Waals surface area contributed by atoms with Crippen LogP contribution in [0.25, 0.3) is 86.6 Å². The first-order valence-corrected chi connectivity index (χ1v) is 21.3. The second-order valence-electron chi connectivity index (χ2n) is 15.3. The first-order valence-electron chi connectivity index (χ1n) is 20.5. The van der Waals surface area contributed by atoms with Gasteiger partial charge in [0.1, 0.15) is 0 Å². The van der Waals surface area contributed by atoms with Crippen molar-refractivity contribution in [2.24, 2.45) is 0 Å². The van der Waals surface area contributed by atoms with Crippen LogP contribution in [0.5, 0.6) is 0 Å². The molecule has 0 aliphatic heterocycles. The molecule has 11 rings (SSSR count). The lowest BCUT2D eigenvalue weighted by Gasteiger charge is -2.29. The van der Waals surface area contributed by atoms with Gasteiger partial charge >= 0.3 is 0 Å². The van der Waals surface area contributed by atoms with E-state index < -0.39 is 0 Å². The molecule has 0 spiro atoms. The molecule has 0 radical (unpaired) electrons. The van der Waals surface area contributed by atoms with Gasteiger partial charge in [-0.1, -0.05) is 194 Å². The molecule has 0 saturated heterocycles. The lowest BCUT2D eigenvalue weighted by Crippen LogP contribution is -2.11. The Kier molecular flexibility index (Phi) is 9.11. The van der Waals surface area contributed by atoms with Crippen molar-refractivity contribution in [3.05, 3.63) is 237 Å². The number of rotatable bonds is 8. The van der Waals surface area contributed by atoms with Gasteiger partial charge in [-0.25, -0.2) is 0 Å². The van der Waals surface area contributed by atoms with E-state index in [0.717, 1.165) is 17.1 Å². The summed E-state index contributed by atoms with van der Waals surface area (Å²) in [6.45, 7) is 0. The van der Waals surface area contributed by atoms with Crippen molar-refractivity contribution < 1.29 is 0 Å². The molecule has 1 aromatic heterocycles. The van der Waals surface area contributed by atoms with Crippen LogP contribution in [0.1, 0.15) is 0 Å². The van der Waals surface area contributed by atoms with Crippen LogP contribution in [-0.4, -0.2) is 0 Å². The maximum absolute atomic E-state index is 2.42. The Morgan fingerprint density at radius 2 is 0.800 bits per heavy atom. The topological polar surface area (TPSA) is 3.24 Å². The SMILES string of the molecule is c1ccc(-c2ccc(-c3ccc(N(c4cccc(-c5cccc(-c6cccc7c6sc6ccccc67)c5)c4)c4ccccc4-c4cccc5ccccc45)cc3)cc2)cc1. The van der Waals surface area contributed by atoms with E-state index in [4.69, 9.17) is 0 Å². The maximum Gasteiger partial charge on any atom is 0.0540 e. The van der Waals surface area contributed by atoms with Gasteiger partial charge in [0.2, 0.25) is 0 Å². The molecule has 2 heteroatoms. The summed E-state index contributed by atoms with van der Waals surface area (Å²) in [6.07, 6.45) is 0. The number of para-hydroxylation sites is 1. The van der Waals surface area contributed by atoms with Crippen LogP contribution >= 0.6 is 11.3 Å². The van der Waals surface area contributed by atoms with E-state index >= 15 is 0 Å². The fraction of sp³-hybridized carbons (Fsp3) is 0. The number of anilines is 3. The van der Waals surface area contributed by atoms with Gasteiger partial charge in [0, 0.05) is 37.1 Å². The minimum atomic E-state index is 1.09. The normalized spacial score (nSPS) is 11.3. The molecule has 0 atom stereocenters. The highest BCUT2D eigenvalue weighted by Gasteiger charge is 2.19. The Bertz CT molecular complexity index is 3300. The summed E-state index contributed by atoms with van der Waals surface area (Å²) < 4.78 is 2.65. The lowest BCUT2D eigenvalue weighted by molar-refractivity contribution is 1.28. The minimum Gasteiger partial charge on any atom is -0.310 e. The lowest BCUT2D eigenvalue weighted by atomic mass is 9.95. The molecule has 0 N–H and O–H groups in total. The fourth-order valence-corrected chi connectivity index (χ4v) is 9.98. The van der Waals surface area contributed by atoms with Crippen LogP contribution in [0.3, 0.4) is 0 Å². The minimum absolute atomic E-state index is 1.09. The van der Waals surface area contributed by atoms with Crippen LogP contribution in [0.2, 0.25) is 0 Å². The Morgan fingerprint density at radius 1 is 0.283 bits per heavy atom. The molecule has 0 bridgehead atoms. The molecule has 1 nitrogen and oxygen atoms in total. The average molecular weight is 782 g/mol. The van der Waals surface area contributed by atoms with Crippen LogP contribution in [-0.2, 0) is 0 Å². The van der Waals surface area contributed by atoms with E-state index in [9.17, 15) is 0 Å². The molecule has 0 amide bonds. The summed E-state index contributed by atoms with van der Waals surface area (Å²) in [5.74, 6) is 0. The second-order valence-corrected chi connectivity index (χ2v) is 16.3. The van der Waals surface area contributed by atoms with Crippen LogP contribution in [0.4, 0.5) is 17.1 Å². The number of hydrogen-bond acceptors (Lipinski definition) is 2. The molecule has 60 heavy (non-hydrogen) atoms. The molecule has 11 aromatic rings. The van der Waals surface area contributed by atoms with Crippen molar-refractivity contribution in [2.75, 3.05) is 4.90 Å². The van der Waals surface area contributed by atoms with Crippen molar-refractivity contribution >= 4 is 59.3 Å². The third-order valence-corrected chi connectivity index (χ3v) is 12.9. The number of thiophene rings is 1. The summed E-state index contributed by atoms with van der Waals surface area (Å²) in [6, 6.07) is 86.1. The van der Waals surface area contributed by atoms with Gasteiger partial charge in [0.25, 0.3) is 0 Å².